The molecule has 5 atom stereocenters. The van der Waals surface area contributed by atoms with E-state index in [1.54, 1.807) is 0 Å². The minimum Gasteiger partial charge on any atom is -0.445 e. The van der Waals surface area contributed by atoms with Gasteiger partial charge in [-0.05, 0) is 70.5 Å². The summed E-state index contributed by atoms with van der Waals surface area (Å²) in [6, 6.07) is 11.2. The predicted octanol–water partition coefficient (Wildman–Crippen LogP) is 5.69. The molecular weight excluding hydrogens is 751 g/mol. The van der Waals surface area contributed by atoms with E-state index in [4.69, 9.17) is 20.8 Å². The van der Waals surface area contributed by atoms with Crippen molar-refractivity contribution in [2.75, 3.05) is 0 Å². The maximum absolute atomic E-state index is 14.6. The number of benzene rings is 2. The van der Waals surface area contributed by atoms with E-state index >= 15 is 0 Å². The summed E-state index contributed by atoms with van der Waals surface area (Å²) >= 11 is 8.69. The SMILES string of the molecule is CCC(C)[C@H](NC(=O)OCc1ccccc1)C(=O)N[C@@]1(C(=O)N[C@H](c2n[nH]c(=O)o2)C(C)CC)CCc2[nH]c3c(I)cc(Cl)cc3c2C1. The molecule has 3 amide bonds. The molecule has 5 N–H and O–H groups in total. The third kappa shape index (κ3) is 7.72. The second-order valence-corrected chi connectivity index (χ2v) is 14.1. The normalized spacial score (nSPS) is 18.3. The van der Waals surface area contributed by atoms with E-state index in [9.17, 15) is 19.2 Å². The van der Waals surface area contributed by atoms with Gasteiger partial charge in [0.1, 0.15) is 24.2 Å². The lowest BCUT2D eigenvalue weighted by Crippen LogP contribution is -2.65. The average Bonchev–Trinajstić information content (AvgIpc) is 3.67. The molecule has 1 aliphatic carbocycles. The van der Waals surface area contributed by atoms with E-state index in [2.05, 4.69) is 53.7 Å². The number of carbonyl (C=O) groups excluding carboxylic acids is 3. The van der Waals surface area contributed by atoms with Crippen molar-refractivity contribution in [3.63, 3.8) is 0 Å². The van der Waals surface area contributed by atoms with Gasteiger partial charge >= 0.3 is 11.8 Å². The Bertz CT molecular complexity index is 1840. The molecule has 5 rings (SSSR count). The summed E-state index contributed by atoms with van der Waals surface area (Å²) in [5.41, 5.74) is 2.11. The molecule has 12 nitrogen and oxygen atoms in total. The molecule has 0 fully saturated rings. The first-order valence-corrected chi connectivity index (χ1v) is 17.5. The first-order chi connectivity index (χ1) is 22.9. The third-order valence-electron chi connectivity index (χ3n) is 9.30. The molecule has 2 aromatic carbocycles. The van der Waals surface area contributed by atoms with Gasteiger partial charge in [-0.3, -0.25) is 9.59 Å². The molecule has 2 aromatic heterocycles. The minimum atomic E-state index is -1.43. The highest BCUT2D eigenvalue weighted by Crippen LogP contribution is 2.38. The van der Waals surface area contributed by atoms with Crippen molar-refractivity contribution in [3.05, 3.63) is 84.3 Å². The number of alkyl carbamates (subject to hydrolysis) is 1. The lowest BCUT2D eigenvalue weighted by molar-refractivity contribution is -0.136. The molecule has 2 unspecified atom stereocenters. The second-order valence-electron chi connectivity index (χ2n) is 12.5. The number of aromatic amines is 2. The van der Waals surface area contributed by atoms with Gasteiger partial charge in [0.05, 0.1) is 5.52 Å². The van der Waals surface area contributed by atoms with Gasteiger partial charge in [-0.2, -0.15) is 0 Å². The fourth-order valence-corrected chi connectivity index (χ4v) is 7.24. The highest BCUT2D eigenvalue weighted by molar-refractivity contribution is 14.1. The van der Waals surface area contributed by atoms with Crippen LogP contribution >= 0.6 is 34.2 Å². The Morgan fingerprint density at radius 3 is 2.50 bits per heavy atom. The maximum Gasteiger partial charge on any atom is 0.434 e. The Morgan fingerprint density at radius 1 is 1.10 bits per heavy atom. The summed E-state index contributed by atoms with van der Waals surface area (Å²) in [6.07, 6.45) is 1.36. The van der Waals surface area contributed by atoms with Crippen molar-refractivity contribution in [2.24, 2.45) is 11.8 Å². The Labute approximate surface area is 296 Å². The minimum absolute atomic E-state index is 0.0406. The second kappa shape index (κ2) is 15.1. The number of fused-ring (bicyclic) bond motifs is 3. The molecular formula is C34H40ClIN6O6. The standard InChI is InChI=1S/C34H40ClIN6O6/c1-5-18(3)26(39-32(45)47-17-20-10-8-7-9-11-20)29(43)40-34(31(44)38-27(19(4)6-2)30-41-42-33(46)48-30)13-12-25-23(16-34)22-14-21(35)15-24(36)28(22)37-25/h7-11,14-15,18-19,26-27,37H,5-6,12-13,16-17H2,1-4H3,(H,38,44)(H,39,45)(H,40,43)(H,42,46)/t18?,19?,26-,27-,34-/m0/s1. The summed E-state index contributed by atoms with van der Waals surface area (Å²) in [5.74, 6) is -2.10. The number of aromatic nitrogens is 3. The molecule has 48 heavy (non-hydrogen) atoms. The molecule has 14 heteroatoms. The molecule has 256 valence electrons. The number of ether oxygens (including phenoxy) is 1. The topological polar surface area (TPSA) is 171 Å². The van der Waals surface area contributed by atoms with E-state index in [0.717, 1.165) is 31.3 Å². The van der Waals surface area contributed by atoms with Crippen LogP contribution in [-0.4, -0.2) is 44.7 Å². The van der Waals surface area contributed by atoms with Crippen LogP contribution in [0.5, 0.6) is 0 Å². The van der Waals surface area contributed by atoms with Crippen LogP contribution in [0, 0.1) is 15.4 Å². The third-order valence-corrected chi connectivity index (χ3v) is 10.4. The molecule has 0 radical (unpaired) electrons. The summed E-state index contributed by atoms with van der Waals surface area (Å²) < 4.78 is 11.7. The molecule has 0 bridgehead atoms. The molecule has 4 aromatic rings. The van der Waals surface area contributed by atoms with Crippen LogP contribution in [0.25, 0.3) is 10.9 Å². The number of rotatable bonds is 12. The smallest absolute Gasteiger partial charge is 0.434 e. The van der Waals surface area contributed by atoms with Gasteiger partial charge in [-0.1, -0.05) is 82.5 Å². The number of hydrogen-bond acceptors (Lipinski definition) is 7. The fraction of sp³-hybridized carbons (Fsp3) is 0.441. The van der Waals surface area contributed by atoms with Crippen LogP contribution in [-0.2, 0) is 33.8 Å². The van der Waals surface area contributed by atoms with Crippen LogP contribution in [0.15, 0.2) is 51.7 Å². The number of halogens is 2. The first kappa shape index (κ1) is 35.5. The van der Waals surface area contributed by atoms with Gasteiger partial charge in [0.15, 0.2) is 0 Å². The number of amides is 3. The quantitative estimate of drug-likeness (QED) is 0.115. The zero-order valence-corrected chi connectivity index (χ0v) is 30.2. The highest BCUT2D eigenvalue weighted by Gasteiger charge is 2.47. The first-order valence-electron chi connectivity index (χ1n) is 16.1. The van der Waals surface area contributed by atoms with Crippen LogP contribution in [0.3, 0.4) is 0 Å². The predicted molar refractivity (Wildman–Crippen MR) is 189 cm³/mol. The molecule has 0 saturated heterocycles. The molecule has 2 heterocycles. The molecule has 0 spiro atoms. The van der Waals surface area contributed by atoms with E-state index in [0.29, 0.717) is 24.3 Å². The molecule has 0 saturated carbocycles. The lowest BCUT2D eigenvalue weighted by Gasteiger charge is -2.39. The Kier molecular flexibility index (Phi) is 11.2. The summed E-state index contributed by atoms with van der Waals surface area (Å²) in [4.78, 5) is 57.1. The largest absolute Gasteiger partial charge is 0.445 e. The Hall–Kier alpha value is -3.85. The number of hydrogen-bond donors (Lipinski definition) is 5. The molecule has 1 aliphatic rings. The fourth-order valence-electron chi connectivity index (χ4n) is 6.07. The summed E-state index contributed by atoms with van der Waals surface area (Å²) in [5, 5.41) is 16.6. The van der Waals surface area contributed by atoms with Gasteiger partial charge in [0.2, 0.25) is 17.7 Å². The number of H-pyrrole nitrogens is 2. The van der Waals surface area contributed by atoms with E-state index in [-0.39, 0.29) is 37.2 Å². The van der Waals surface area contributed by atoms with E-state index < -0.39 is 41.3 Å². The van der Waals surface area contributed by atoms with Crippen molar-refractivity contribution in [3.8, 4) is 0 Å². The zero-order valence-electron chi connectivity index (χ0n) is 27.2. The van der Waals surface area contributed by atoms with Crippen molar-refractivity contribution in [1.82, 2.24) is 31.1 Å². The zero-order chi connectivity index (χ0) is 34.6. The number of nitrogens with zero attached hydrogens (tertiary/aromatic N) is 1. The number of nitrogens with one attached hydrogen (secondary N) is 5. The van der Waals surface area contributed by atoms with Gasteiger partial charge < -0.3 is 30.1 Å². The monoisotopic (exact) mass is 790 g/mol. The summed E-state index contributed by atoms with van der Waals surface area (Å²) in [6.45, 7) is 7.68. The number of aryl methyl sites for hydroxylation is 1. The van der Waals surface area contributed by atoms with Crippen molar-refractivity contribution in [1.29, 1.82) is 0 Å². The summed E-state index contributed by atoms with van der Waals surface area (Å²) in [7, 11) is 0. The van der Waals surface area contributed by atoms with Gasteiger partial charge in [-0.25, -0.2) is 14.7 Å². The number of carbonyl (C=O) groups is 3. The van der Waals surface area contributed by atoms with Crippen LogP contribution in [0.4, 0.5) is 4.79 Å². The highest BCUT2D eigenvalue weighted by atomic mass is 127. The van der Waals surface area contributed by atoms with Crippen molar-refractivity contribution >= 4 is 63.0 Å². The van der Waals surface area contributed by atoms with Gasteiger partial charge in [0.25, 0.3) is 0 Å². The Balaban J connectivity index is 1.48. The van der Waals surface area contributed by atoms with Gasteiger partial charge in [-0.15, -0.1) is 5.10 Å². The lowest BCUT2D eigenvalue weighted by atomic mass is 9.78. The van der Waals surface area contributed by atoms with Crippen molar-refractivity contribution in [2.45, 2.75) is 84.0 Å². The maximum atomic E-state index is 14.6. The van der Waals surface area contributed by atoms with Crippen molar-refractivity contribution < 1.29 is 23.5 Å². The van der Waals surface area contributed by atoms with Crippen LogP contribution in [0.1, 0.15) is 75.7 Å². The van der Waals surface area contributed by atoms with Crippen LogP contribution in [0.2, 0.25) is 5.02 Å². The average molecular weight is 791 g/mol. The van der Waals surface area contributed by atoms with E-state index in [1.807, 2.05) is 70.2 Å². The van der Waals surface area contributed by atoms with Gasteiger partial charge in [0, 0.05) is 26.1 Å². The Morgan fingerprint density at radius 2 is 1.83 bits per heavy atom. The molecule has 0 aliphatic heterocycles. The van der Waals surface area contributed by atoms with Crippen LogP contribution < -0.4 is 21.7 Å². The van der Waals surface area contributed by atoms with E-state index in [1.165, 1.54) is 0 Å².